The van der Waals surface area contributed by atoms with Crippen molar-refractivity contribution in [3.63, 3.8) is 0 Å². The zero-order valence-electron chi connectivity index (χ0n) is 12.2. The Morgan fingerprint density at radius 1 is 1.47 bits per heavy atom. The molecule has 0 aromatic rings. The summed E-state index contributed by atoms with van der Waals surface area (Å²) in [4.78, 5) is 24.6. The molecule has 0 aromatic carbocycles. The first kappa shape index (κ1) is 16.0. The van der Waals surface area contributed by atoms with Crippen LogP contribution in [-0.2, 0) is 9.59 Å². The molecule has 2 N–H and O–H groups in total. The smallest absolute Gasteiger partial charge is 0.326 e. The lowest BCUT2D eigenvalue weighted by atomic mass is 9.85. The van der Waals surface area contributed by atoms with E-state index in [1.54, 1.807) is 14.0 Å². The predicted octanol–water partition coefficient (Wildman–Crippen LogP) is 1.33. The average molecular weight is 270 g/mol. The lowest BCUT2D eigenvalue weighted by Gasteiger charge is -2.30. The van der Waals surface area contributed by atoms with Crippen molar-refractivity contribution < 1.29 is 14.7 Å². The molecule has 0 aliphatic carbocycles. The van der Waals surface area contributed by atoms with Crippen LogP contribution in [0.5, 0.6) is 0 Å². The first-order chi connectivity index (χ1) is 8.97. The minimum atomic E-state index is -0.926. The van der Waals surface area contributed by atoms with E-state index >= 15 is 0 Å². The third kappa shape index (κ3) is 4.49. The fourth-order valence-corrected chi connectivity index (χ4v) is 2.74. The molecular weight excluding hydrogens is 244 g/mol. The topological polar surface area (TPSA) is 69.6 Å². The van der Waals surface area contributed by atoms with Gasteiger partial charge in [0.1, 0.15) is 6.04 Å². The zero-order valence-corrected chi connectivity index (χ0v) is 12.2. The van der Waals surface area contributed by atoms with Crippen molar-refractivity contribution in [3.05, 3.63) is 0 Å². The van der Waals surface area contributed by atoms with Crippen LogP contribution in [0.15, 0.2) is 0 Å². The number of nitrogens with zero attached hydrogens (tertiary/aromatic N) is 1. The predicted molar refractivity (Wildman–Crippen MR) is 73.9 cm³/mol. The molecular formula is C14H26N2O3. The molecule has 110 valence electrons. The summed E-state index contributed by atoms with van der Waals surface area (Å²) in [6.07, 6.45) is 3.19. The van der Waals surface area contributed by atoms with E-state index in [4.69, 9.17) is 5.11 Å². The number of aliphatic carboxylic acids is 1. The van der Waals surface area contributed by atoms with Gasteiger partial charge in [-0.15, -0.1) is 0 Å². The quantitative estimate of drug-likeness (QED) is 0.764. The normalized spacial score (nSPS) is 22.6. The molecule has 1 heterocycles. The van der Waals surface area contributed by atoms with Crippen LogP contribution in [0.1, 0.15) is 39.5 Å². The van der Waals surface area contributed by atoms with Crippen molar-refractivity contribution >= 4 is 11.9 Å². The highest BCUT2D eigenvalue weighted by molar-refractivity contribution is 5.83. The van der Waals surface area contributed by atoms with E-state index in [-0.39, 0.29) is 5.91 Å². The van der Waals surface area contributed by atoms with Gasteiger partial charge in [0.25, 0.3) is 0 Å². The number of carboxylic acids is 1. The van der Waals surface area contributed by atoms with E-state index in [1.165, 1.54) is 4.90 Å². The third-order valence-corrected chi connectivity index (χ3v) is 4.17. The molecule has 1 aliphatic rings. The molecule has 0 bridgehead atoms. The molecule has 3 atom stereocenters. The van der Waals surface area contributed by atoms with Gasteiger partial charge in [-0.25, -0.2) is 4.79 Å². The molecule has 1 saturated heterocycles. The summed E-state index contributed by atoms with van der Waals surface area (Å²) in [7, 11) is 1.59. The first-order valence-corrected chi connectivity index (χ1v) is 7.16. The molecule has 0 spiro atoms. The fraction of sp³-hybridized carbons (Fsp3) is 0.857. The number of likely N-dealkylation sites (N-methyl/N-ethyl adjacent to an activating group) is 1. The second-order valence-electron chi connectivity index (χ2n) is 5.55. The van der Waals surface area contributed by atoms with Crippen molar-refractivity contribution in [1.29, 1.82) is 0 Å². The summed E-state index contributed by atoms with van der Waals surface area (Å²) in [5.41, 5.74) is 0. The number of nitrogens with one attached hydrogen (secondary N) is 1. The number of rotatable bonds is 6. The van der Waals surface area contributed by atoms with E-state index in [0.29, 0.717) is 24.7 Å². The molecule has 5 nitrogen and oxygen atoms in total. The summed E-state index contributed by atoms with van der Waals surface area (Å²) in [6, 6.07) is -0.704. The van der Waals surface area contributed by atoms with Gasteiger partial charge in [-0.05, 0) is 44.2 Å². The van der Waals surface area contributed by atoms with Gasteiger partial charge in [0.15, 0.2) is 0 Å². The Morgan fingerprint density at radius 2 is 2.16 bits per heavy atom. The number of amides is 1. The lowest BCUT2D eigenvalue weighted by molar-refractivity contribution is -0.149. The SMILES string of the molecule is CCC(C(=O)O)N(C)C(=O)CC(C)C1CCCNC1. The van der Waals surface area contributed by atoms with E-state index < -0.39 is 12.0 Å². The Kier molecular flexibility index (Phi) is 6.28. The molecule has 1 rings (SSSR count). The van der Waals surface area contributed by atoms with Crippen LogP contribution in [0.3, 0.4) is 0 Å². The lowest BCUT2D eigenvalue weighted by Crippen LogP contribution is -2.43. The van der Waals surface area contributed by atoms with Crippen LogP contribution in [0.4, 0.5) is 0 Å². The summed E-state index contributed by atoms with van der Waals surface area (Å²) >= 11 is 0. The summed E-state index contributed by atoms with van der Waals surface area (Å²) in [6.45, 7) is 5.91. The maximum absolute atomic E-state index is 12.1. The van der Waals surface area contributed by atoms with E-state index in [2.05, 4.69) is 12.2 Å². The number of carboxylic acid groups (broad SMARTS) is 1. The van der Waals surface area contributed by atoms with Crippen molar-refractivity contribution in [1.82, 2.24) is 10.2 Å². The minimum Gasteiger partial charge on any atom is -0.480 e. The fourth-order valence-electron chi connectivity index (χ4n) is 2.74. The van der Waals surface area contributed by atoms with Crippen LogP contribution in [0.2, 0.25) is 0 Å². The Labute approximate surface area is 115 Å². The van der Waals surface area contributed by atoms with E-state index in [0.717, 1.165) is 25.9 Å². The molecule has 1 aliphatic heterocycles. The van der Waals surface area contributed by atoms with Crippen molar-refractivity contribution in [2.75, 3.05) is 20.1 Å². The molecule has 0 aromatic heterocycles. The van der Waals surface area contributed by atoms with Gasteiger partial charge in [0, 0.05) is 13.5 Å². The van der Waals surface area contributed by atoms with Crippen LogP contribution in [0, 0.1) is 11.8 Å². The molecule has 19 heavy (non-hydrogen) atoms. The molecule has 0 radical (unpaired) electrons. The number of hydrogen-bond donors (Lipinski definition) is 2. The highest BCUT2D eigenvalue weighted by atomic mass is 16.4. The largest absolute Gasteiger partial charge is 0.480 e. The average Bonchev–Trinajstić information content (AvgIpc) is 2.39. The Balaban J connectivity index is 2.50. The van der Waals surface area contributed by atoms with Gasteiger partial charge in [0.2, 0.25) is 5.91 Å². The second kappa shape index (κ2) is 7.48. The van der Waals surface area contributed by atoms with Crippen LogP contribution in [-0.4, -0.2) is 48.1 Å². The number of hydrogen-bond acceptors (Lipinski definition) is 3. The number of piperidine rings is 1. The van der Waals surface area contributed by atoms with Gasteiger partial charge in [-0.3, -0.25) is 4.79 Å². The highest BCUT2D eigenvalue weighted by Gasteiger charge is 2.28. The first-order valence-electron chi connectivity index (χ1n) is 7.16. The van der Waals surface area contributed by atoms with Crippen LogP contribution < -0.4 is 5.32 Å². The van der Waals surface area contributed by atoms with Crippen molar-refractivity contribution in [2.45, 2.75) is 45.6 Å². The minimum absolute atomic E-state index is 0.0627. The molecule has 1 fully saturated rings. The maximum atomic E-state index is 12.1. The van der Waals surface area contributed by atoms with Gasteiger partial charge >= 0.3 is 5.97 Å². The Morgan fingerprint density at radius 3 is 2.63 bits per heavy atom. The van der Waals surface area contributed by atoms with Gasteiger partial charge in [-0.2, -0.15) is 0 Å². The summed E-state index contributed by atoms with van der Waals surface area (Å²) < 4.78 is 0. The number of carbonyl (C=O) groups is 2. The standard InChI is InChI=1S/C14H26N2O3/c1-4-12(14(18)19)16(3)13(17)8-10(2)11-6-5-7-15-9-11/h10-12,15H,4-9H2,1-3H3,(H,18,19). The van der Waals surface area contributed by atoms with Crippen LogP contribution >= 0.6 is 0 Å². The van der Waals surface area contributed by atoms with Crippen molar-refractivity contribution in [2.24, 2.45) is 11.8 Å². The number of carbonyl (C=O) groups excluding carboxylic acids is 1. The van der Waals surface area contributed by atoms with E-state index in [1.807, 2.05) is 0 Å². The molecule has 5 heteroatoms. The zero-order chi connectivity index (χ0) is 14.4. The second-order valence-corrected chi connectivity index (χ2v) is 5.55. The summed E-state index contributed by atoms with van der Waals surface area (Å²) in [5.74, 6) is -0.164. The molecule has 1 amide bonds. The summed E-state index contributed by atoms with van der Waals surface area (Å²) in [5, 5.41) is 12.4. The highest BCUT2D eigenvalue weighted by Crippen LogP contribution is 2.23. The van der Waals surface area contributed by atoms with Gasteiger partial charge in [-0.1, -0.05) is 13.8 Å². The van der Waals surface area contributed by atoms with Crippen LogP contribution in [0.25, 0.3) is 0 Å². The van der Waals surface area contributed by atoms with Crippen molar-refractivity contribution in [3.8, 4) is 0 Å². The molecule has 0 saturated carbocycles. The maximum Gasteiger partial charge on any atom is 0.326 e. The molecule has 3 unspecified atom stereocenters. The Bertz CT molecular complexity index is 314. The third-order valence-electron chi connectivity index (χ3n) is 4.17. The Hall–Kier alpha value is -1.10. The monoisotopic (exact) mass is 270 g/mol. The van der Waals surface area contributed by atoms with Gasteiger partial charge < -0.3 is 15.3 Å². The van der Waals surface area contributed by atoms with Gasteiger partial charge in [0.05, 0.1) is 0 Å². The van der Waals surface area contributed by atoms with E-state index in [9.17, 15) is 9.59 Å².